The van der Waals surface area contributed by atoms with Crippen LogP contribution in [0.4, 0.5) is 13.2 Å². The van der Waals surface area contributed by atoms with Crippen LogP contribution in [0.2, 0.25) is 0 Å². The van der Waals surface area contributed by atoms with Gasteiger partial charge in [0.05, 0.1) is 12.5 Å². The normalized spacial score (nSPS) is 18.4. The molecule has 0 spiro atoms. The number of alkyl halides is 3. The average Bonchev–Trinajstić information content (AvgIpc) is 2.90. The molecule has 9 heteroatoms. The van der Waals surface area contributed by atoms with Crippen LogP contribution in [0.15, 0.2) is 73.1 Å². The molecule has 4 rings (SSSR count). The van der Waals surface area contributed by atoms with Gasteiger partial charge >= 0.3 is 12.1 Å². The minimum atomic E-state index is -4.76. The molecule has 0 saturated carbocycles. The Hall–Kier alpha value is -3.27. The Morgan fingerprint density at radius 1 is 0.950 bits per heavy atom. The monoisotopic (exact) mass is 555 g/mol. The molecule has 214 valence electrons. The van der Waals surface area contributed by atoms with Crippen molar-refractivity contribution in [2.24, 2.45) is 0 Å². The number of aromatic nitrogens is 1. The molecule has 1 aliphatic heterocycles. The second-order valence-electron chi connectivity index (χ2n) is 10.8. The zero-order valence-corrected chi connectivity index (χ0v) is 23.1. The molecule has 1 saturated heterocycles. The van der Waals surface area contributed by atoms with Crippen LogP contribution in [0.1, 0.15) is 43.9 Å². The number of pyridine rings is 1. The number of hydrogen-bond donors (Lipinski definition) is 1. The van der Waals surface area contributed by atoms with E-state index >= 15 is 0 Å². The third-order valence-electron chi connectivity index (χ3n) is 7.29. The highest BCUT2D eigenvalue weighted by atomic mass is 19.4. The summed E-state index contributed by atoms with van der Waals surface area (Å²) in [5, 5.41) is 9.92. The molecule has 1 aliphatic rings. The van der Waals surface area contributed by atoms with Crippen molar-refractivity contribution >= 4 is 5.97 Å². The molecule has 6 nitrogen and oxygen atoms in total. The molecule has 40 heavy (non-hydrogen) atoms. The summed E-state index contributed by atoms with van der Waals surface area (Å²) in [4.78, 5) is 21.3. The number of halogens is 3. The van der Waals surface area contributed by atoms with E-state index in [1.807, 2.05) is 50.2 Å². The lowest BCUT2D eigenvalue weighted by molar-refractivity contribution is -0.258. The molecule has 2 unspecified atom stereocenters. The van der Waals surface area contributed by atoms with Crippen molar-refractivity contribution in [2.75, 3.05) is 19.6 Å². The van der Waals surface area contributed by atoms with E-state index in [1.165, 1.54) is 17.7 Å². The highest BCUT2D eigenvalue weighted by molar-refractivity contribution is 5.70. The van der Waals surface area contributed by atoms with Gasteiger partial charge in [-0.25, -0.2) is 0 Å². The van der Waals surface area contributed by atoms with Crippen molar-refractivity contribution in [2.45, 2.75) is 64.2 Å². The maximum Gasteiger partial charge on any atom is 0.421 e. The fraction of sp³-hybridized carbons (Fsp3) is 0.419. The first-order valence-corrected chi connectivity index (χ1v) is 13.5. The standard InChI is InChI=1S/C31H36F3N3O3/c1-22(2)40-29(38)18-28-21-36(19-24-12-14-35-15-13-24)16-17-37(28)20-23-4-6-25(7-5-23)26-8-10-27(11-9-26)30(3,39)31(32,33)34/h4-15,22,28,39H,16-21H2,1-3H3. The lowest BCUT2D eigenvalue weighted by Crippen LogP contribution is -2.53. The number of hydrogen-bond acceptors (Lipinski definition) is 6. The lowest BCUT2D eigenvalue weighted by atomic mass is 9.93. The molecule has 0 bridgehead atoms. The Morgan fingerprint density at radius 3 is 2.10 bits per heavy atom. The number of benzene rings is 2. The van der Waals surface area contributed by atoms with Gasteiger partial charge in [0.25, 0.3) is 0 Å². The van der Waals surface area contributed by atoms with E-state index in [9.17, 15) is 23.1 Å². The van der Waals surface area contributed by atoms with Gasteiger partial charge < -0.3 is 9.84 Å². The second-order valence-corrected chi connectivity index (χ2v) is 10.8. The Labute approximate surface area is 233 Å². The average molecular weight is 556 g/mol. The number of carbonyl (C=O) groups is 1. The topological polar surface area (TPSA) is 65.9 Å². The Kier molecular flexibility index (Phi) is 9.28. The van der Waals surface area contributed by atoms with Crippen molar-refractivity contribution in [1.82, 2.24) is 14.8 Å². The second kappa shape index (κ2) is 12.5. The van der Waals surface area contributed by atoms with Gasteiger partial charge in [0.2, 0.25) is 0 Å². The van der Waals surface area contributed by atoms with Gasteiger partial charge in [-0.1, -0.05) is 48.5 Å². The van der Waals surface area contributed by atoms with Crippen LogP contribution < -0.4 is 0 Å². The van der Waals surface area contributed by atoms with Gasteiger partial charge in [0, 0.05) is 51.2 Å². The van der Waals surface area contributed by atoms with Crippen LogP contribution in [-0.4, -0.2) is 63.8 Å². The highest BCUT2D eigenvalue weighted by Gasteiger charge is 2.51. The Bertz CT molecular complexity index is 1250. The van der Waals surface area contributed by atoms with Crippen LogP contribution in [-0.2, 0) is 28.2 Å². The third kappa shape index (κ3) is 7.47. The fourth-order valence-electron chi connectivity index (χ4n) is 4.94. The SMILES string of the molecule is CC(C)OC(=O)CC1CN(Cc2ccncc2)CCN1Cc1ccc(-c2ccc(C(C)(O)C(F)(F)F)cc2)cc1. The van der Waals surface area contributed by atoms with Crippen molar-refractivity contribution < 1.29 is 27.8 Å². The molecule has 0 aliphatic carbocycles. The maximum absolute atomic E-state index is 13.2. The van der Waals surface area contributed by atoms with Crippen LogP contribution in [0.25, 0.3) is 11.1 Å². The number of piperazine rings is 1. The van der Waals surface area contributed by atoms with Crippen molar-refractivity contribution in [1.29, 1.82) is 0 Å². The first-order chi connectivity index (χ1) is 18.9. The van der Waals surface area contributed by atoms with Gasteiger partial charge in [-0.3, -0.25) is 19.6 Å². The minimum Gasteiger partial charge on any atom is -0.463 e. The van der Waals surface area contributed by atoms with Crippen LogP contribution >= 0.6 is 0 Å². The molecule has 2 aromatic carbocycles. The van der Waals surface area contributed by atoms with Crippen LogP contribution in [0.5, 0.6) is 0 Å². The van der Waals surface area contributed by atoms with Crippen molar-refractivity contribution in [3.8, 4) is 11.1 Å². The molecule has 2 atom stereocenters. The number of nitrogens with zero attached hydrogens (tertiary/aromatic N) is 3. The first-order valence-electron chi connectivity index (χ1n) is 13.5. The maximum atomic E-state index is 13.2. The number of rotatable bonds is 9. The predicted molar refractivity (Wildman–Crippen MR) is 147 cm³/mol. The summed E-state index contributed by atoms with van der Waals surface area (Å²) >= 11 is 0. The zero-order chi connectivity index (χ0) is 28.9. The van der Waals surface area contributed by atoms with Crippen molar-refractivity contribution in [3.63, 3.8) is 0 Å². The Balaban J connectivity index is 1.44. The summed E-state index contributed by atoms with van der Waals surface area (Å²) in [5.74, 6) is -0.209. The molecule has 1 aromatic heterocycles. The fourth-order valence-corrected chi connectivity index (χ4v) is 4.94. The predicted octanol–water partition coefficient (Wildman–Crippen LogP) is 5.55. The number of aliphatic hydroxyl groups is 1. The van der Waals surface area contributed by atoms with Gasteiger partial charge in [-0.2, -0.15) is 13.2 Å². The van der Waals surface area contributed by atoms with Gasteiger partial charge in [-0.15, -0.1) is 0 Å². The minimum absolute atomic E-state index is 0.00418. The molecular formula is C31H36F3N3O3. The summed E-state index contributed by atoms with van der Waals surface area (Å²) < 4.78 is 44.9. The van der Waals surface area contributed by atoms with Gasteiger partial charge in [-0.05, 0) is 60.7 Å². The largest absolute Gasteiger partial charge is 0.463 e. The molecule has 0 amide bonds. The third-order valence-corrected chi connectivity index (χ3v) is 7.29. The summed E-state index contributed by atoms with van der Waals surface area (Å²) in [6, 6.07) is 17.7. The smallest absolute Gasteiger partial charge is 0.421 e. The van der Waals surface area contributed by atoms with E-state index in [1.54, 1.807) is 24.5 Å². The quantitative estimate of drug-likeness (QED) is 0.350. The van der Waals surface area contributed by atoms with Gasteiger partial charge in [0.1, 0.15) is 0 Å². The van der Waals surface area contributed by atoms with Crippen LogP contribution in [0.3, 0.4) is 0 Å². The lowest BCUT2D eigenvalue weighted by Gasteiger charge is -2.41. The van der Waals surface area contributed by atoms with E-state index in [0.29, 0.717) is 13.0 Å². The van der Waals surface area contributed by atoms with E-state index in [-0.39, 0.29) is 23.7 Å². The Morgan fingerprint density at radius 2 is 1.52 bits per heavy atom. The van der Waals surface area contributed by atoms with Crippen LogP contribution in [0, 0.1) is 0 Å². The summed E-state index contributed by atoms with van der Waals surface area (Å²) in [6.45, 7) is 8.30. The molecule has 2 heterocycles. The number of ether oxygens (including phenoxy) is 1. The van der Waals surface area contributed by atoms with Crippen molar-refractivity contribution in [3.05, 3.63) is 89.7 Å². The first kappa shape index (κ1) is 29.7. The van der Waals surface area contributed by atoms with Gasteiger partial charge in [0.15, 0.2) is 5.60 Å². The van der Waals surface area contributed by atoms with E-state index in [0.717, 1.165) is 49.8 Å². The summed E-state index contributed by atoms with van der Waals surface area (Å²) in [6.07, 6.45) is -1.06. The summed E-state index contributed by atoms with van der Waals surface area (Å²) in [7, 11) is 0. The molecular weight excluding hydrogens is 519 g/mol. The molecule has 0 radical (unpaired) electrons. The van der Waals surface area contributed by atoms with E-state index in [4.69, 9.17) is 4.74 Å². The zero-order valence-electron chi connectivity index (χ0n) is 23.1. The van der Waals surface area contributed by atoms with E-state index < -0.39 is 11.8 Å². The highest BCUT2D eigenvalue weighted by Crippen LogP contribution is 2.39. The molecule has 1 N–H and O–H groups in total. The number of esters is 1. The molecule has 1 fully saturated rings. The summed E-state index contributed by atoms with van der Waals surface area (Å²) in [5.41, 5.74) is 0.761. The molecule has 3 aromatic rings. The van der Waals surface area contributed by atoms with E-state index in [2.05, 4.69) is 14.8 Å². The number of carbonyl (C=O) groups excluding carboxylic acids is 1.